The van der Waals surface area contributed by atoms with E-state index in [2.05, 4.69) is 5.32 Å². The monoisotopic (exact) mass is 357 g/mol. The lowest BCUT2D eigenvalue weighted by molar-refractivity contribution is -0.164. The van der Waals surface area contributed by atoms with Gasteiger partial charge in [0, 0.05) is 0 Å². The first-order chi connectivity index (χ1) is 12.7. The molecule has 1 aromatic carbocycles. The van der Waals surface area contributed by atoms with Gasteiger partial charge >= 0.3 is 5.97 Å². The number of carbonyl (C=O) groups is 2. The molecule has 5 rings (SSSR count). The molecule has 0 saturated heterocycles. The maximum atomic E-state index is 12.5. The predicted molar refractivity (Wildman–Crippen MR) is 96.4 cm³/mol. The Balaban J connectivity index is 1.16. The molecular formula is C21H27NO4. The Hall–Kier alpha value is -2.04. The first kappa shape index (κ1) is 17.4. The zero-order valence-electron chi connectivity index (χ0n) is 15.1. The molecule has 5 nitrogen and oxygen atoms in total. The van der Waals surface area contributed by atoms with Gasteiger partial charge in [-0.1, -0.05) is 18.2 Å². The quantitative estimate of drug-likeness (QED) is 0.602. The number of esters is 1. The average molecular weight is 357 g/mol. The summed E-state index contributed by atoms with van der Waals surface area (Å²) < 4.78 is 10.9. The molecule has 5 heteroatoms. The van der Waals surface area contributed by atoms with E-state index in [1.807, 2.05) is 30.3 Å². The van der Waals surface area contributed by atoms with Gasteiger partial charge in [0.1, 0.15) is 12.4 Å². The van der Waals surface area contributed by atoms with Gasteiger partial charge in [-0.3, -0.25) is 9.59 Å². The normalized spacial score (nSPS) is 31.5. The number of nitrogens with one attached hydrogen (secondary N) is 1. The van der Waals surface area contributed by atoms with Crippen LogP contribution in [0.1, 0.15) is 32.1 Å². The minimum Gasteiger partial charge on any atom is -0.492 e. The zero-order chi connectivity index (χ0) is 17.9. The number of carbonyl (C=O) groups excluding carboxylic acids is 2. The van der Waals surface area contributed by atoms with Crippen molar-refractivity contribution in [1.82, 2.24) is 5.32 Å². The number of hydrogen-bond acceptors (Lipinski definition) is 4. The Morgan fingerprint density at radius 2 is 1.62 bits per heavy atom. The van der Waals surface area contributed by atoms with Crippen molar-refractivity contribution in [3.05, 3.63) is 30.3 Å². The van der Waals surface area contributed by atoms with Crippen molar-refractivity contribution < 1.29 is 19.1 Å². The summed E-state index contributed by atoms with van der Waals surface area (Å²) in [5.74, 6) is 3.01. The molecule has 0 heterocycles. The summed E-state index contributed by atoms with van der Waals surface area (Å²) in [5.41, 5.74) is 0. The smallest absolute Gasteiger partial charge is 0.310 e. The van der Waals surface area contributed by atoms with Crippen LogP contribution in [-0.2, 0) is 14.3 Å². The molecule has 4 aliphatic carbocycles. The molecule has 4 bridgehead atoms. The Morgan fingerprint density at radius 3 is 2.27 bits per heavy atom. The lowest BCUT2D eigenvalue weighted by Crippen LogP contribution is -2.48. The maximum absolute atomic E-state index is 12.5. The van der Waals surface area contributed by atoms with Crippen molar-refractivity contribution in [1.29, 1.82) is 0 Å². The van der Waals surface area contributed by atoms with Crippen LogP contribution < -0.4 is 10.1 Å². The highest BCUT2D eigenvalue weighted by Gasteiger charge is 2.51. The van der Waals surface area contributed by atoms with E-state index in [1.54, 1.807) is 0 Å². The fraction of sp³-hybridized carbons (Fsp3) is 0.619. The van der Waals surface area contributed by atoms with Crippen LogP contribution in [0.3, 0.4) is 0 Å². The van der Waals surface area contributed by atoms with Crippen LogP contribution >= 0.6 is 0 Å². The number of rotatable bonds is 7. The second-order valence-corrected chi connectivity index (χ2v) is 8.08. The average Bonchev–Trinajstić information content (AvgIpc) is 2.63. The van der Waals surface area contributed by atoms with E-state index in [-0.39, 0.29) is 24.4 Å². The third-order valence-electron chi connectivity index (χ3n) is 6.28. The number of benzene rings is 1. The summed E-state index contributed by atoms with van der Waals surface area (Å²) in [6.45, 7) is 0.593. The maximum Gasteiger partial charge on any atom is 0.310 e. The number of para-hydroxylation sites is 1. The topological polar surface area (TPSA) is 64.6 Å². The second kappa shape index (κ2) is 7.68. The van der Waals surface area contributed by atoms with Crippen LogP contribution in [0.2, 0.25) is 0 Å². The number of hydrogen-bond donors (Lipinski definition) is 1. The molecule has 4 saturated carbocycles. The van der Waals surface area contributed by atoms with Gasteiger partial charge < -0.3 is 14.8 Å². The molecule has 1 aromatic rings. The molecule has 0 radical (unpaired) electrons. The molecule has 140 valence electrons. The van der Waals surface area contributed by atoms with Gasteiger partial charge in [0.25, 0.3) is 5.91 Å². The van der Waals surface area contributed by atoms with Gasteiger partial charge in [-0.25, -0.2) is 0 Å². The van der Waals surface area contributed by atoms with Crippen molar-refractivity contribution in [2.24, 2.45) is 29.6 Å². The van der Waals surface area contributed by atoms with E-state index in [0.29, 0.717) is 25.0 Å². The molecule has 4 fully saturated rings. The Bertz CT molecular complexity index is 617. The van der Waals surface area contributed by atoms with Gasteiger partial charge in [0.05, 0.1) is 12.5 Å². The van der Waals surface area contributed by atoms with E-state index in [0.717, 1.165) is 17.6 Å². The molecule has 0 unspecified atom stereocenters. The third kappa shape index (κ3) is 3.87. The lowest BCUT2D eigenvalue weighted by Gasteiger charge is -2.53. The highest BCUT2D eigenvalue weighted by Crippen LogP contribution is 2.56. The van der Waals surface area contributed by atoms with Crippen molar-refractivity contribution in [2.75, 3.05) is 19.8 Å². The van der Waals surface area contributed by atoms with Gasteiger partial charge in [0.2, 0.25) is 0 Å². The van der Waals surface area contributed by atoms with E-state index in [4.69, 9.17) is 9.47 Å². The second-order valence-electron chi connectivity index (χ2n) is 8.08. The van der Waals surface area contributed by atoms with E-state index >= 15 is 0 Å². The van der Waals surface area contributed by atoms with Gasteiger partial charge in [-0.2, -0.15) is 0 Å². The first-order valence-electron chi connectivity index (χ1n) is 9.80. The van der Waals surface area contributed by atoms with E-state index in [1.165, 1.54) is 32.1 Å². The van der Waals surface area contributed by atoms with Crippen LogP contribution in [-0.4, -0.2) is 31.6 Å². The third-order valence-corrected chi connectivity index (χ3v) is 6.28. The predicted octanol–water partition coefficient (Wildman–Crippen LogP) is 2.80. The standard InChI is InChI=1S/C21H27NO4/c23-19(22-6-7-25-18-4-2-1-3-5-18)13-26-21(24)20-16-9-14-8-15(11-16)12-17(20)10-14/h1-5,14-17,20H,6-13H2,(H,22,23). The van der Waals surface area contributed by atoms with Crippen molar-refractivity contribution >= 4 is 11.9 Å². The SMILES string of the molecule is O=C(COC(=O)C1C2CC3CC(C2)CC1C3)NCCOc1ccccc1. The van der Waals surface area contributed by atoms with Crippen LogP contribution in [0.15, 0.2) is 30.3 Å². The molecule has 26 heavy (non-hydrogen) atoms. The highest BCUT2D eigenvalue weighted by molar-refractivity contribution is 5.81. The molecule has 0 aromatic heterocycles. The fourth-order valence-electron chi connectivity index (χ4n) is 5.47. The molecule has 0 aliphatic heterocycles. The Kier molecular flexibility index (Phi) is 5.14. The van der Waals surface area contributed by atoms with E-state index < -0.39 is 0 Å². The van der Waals surface area contributed by atoms with E-state index in [9.17, 15) is 9.59 Å². The lowest BCUT2D eigenvalue weighted by atomic mass is 9.52. The largest absolute Gasteiger partial charge is 0.492 e. The molecule has 1 amide bonds. The van der Waals surface area contributed by atoms with Crippen LogP contribution in [0.5, 0.6) is 5.75 Å². The first-order valence-corrected chi connectivity index (χ1v) is 9.80. The minimum absolute atomic E-state index is 0.0250. The van der Waals surface area contributed by atoms with Crippen molar-refractivity contribution in [3.63, 3.8) is 0 Å². The molecular weight excluding hydrogens is 330 g/mol. The van der Waals surface area contributed by atoms with Crippen LogP contribution in [0, 0.1) is 29.6 Å². The van der Waals surface area contributed by atoms with Gasteiger partial charge in [0.15, 0.2) is 6.61 Å². The molecule has 0 atom stereocenters. The molecule has 1 N–H and O–H groups in total. The number of amides is 1. The van der Waals surface area contributed by atoms with Crippen LogP contribution in [0.25, 0.3) is 0 Å². The summed E-state index contributed by atoms with van der Waals surface area (Å²) >= 11 is 0. The summed E-state index contributed by atoms with van der Waals surface area (Å²) in [5, 5.41) is 2.73. The zero-order valence-corrected chi connectivity index (χ0v) is 15.1. The summed E-state index contributed by atoms with van der Waals surface area (Å²) in [6.07, 6.45) is 6.07. The van der Waals surface area contributed by atoms with Crippen LogP contribution in [0.4, 0.5) is 0 Å². The molecule has 4 aliphatic rings. The Morgan fingerprint density at radius 1 is 0.962 bits per heavy atom. The van der Waals surface area contributed by atoms with Gasteiger partial charge in [-0.05, 0) is 67.9 Å². The fourth-order valence-corrected chi connectivity index (χ4v) is 5.47. The minimum atomic E-state index is -0.265. The van der Waals surface area contributed by atoms with Crippen molar-refractivity contribution in [3.8, 4) is 5.75 Å². The highest BCUT2D eigenvalue weighted by atomic mass is 16.5. The summed E-state index contributed by atoms with van der Waals surface area (Å²) in [4.78, 5) is 24.4. The Labute approximate surface area is 154 Å². The summed E-state index contributed by atoms with van der Waals surface area (Å²) in [6, 6.07) is 9.46. The molecule has 0 spiro atoms. The van der Waals surface area contributed by atoms with Gasteiger partial charge in [-0.15, -0.1) is 0 Å². The summed E-state index contributed by atoms with van der Waals surface area (Å²) in [7, 11) is 0. The number of ether oxygens (including phenoxy) is 2. The van der Waals surface area contributed by atoms with Crippen molar-refractivity contribution in [2.45, 2.75) is 32.1 Å².